The summed E-state index contributed by atoms with van der Waals surface area (Å²) in [6.07, 6.45) is 5.48. The molecule has 5 nitrogen and oxygen atoms in total. The number of halogens is 1. The summed E-state index contributed by atoms with van der Waals surface area (Å²) < 4.78 is 13.3. The molecule has 0 saturated heterocycles. The second-order valence-electron chi connectivity index (χ2n) is 9.04. The lowest BCUT2D eigenvalue weighted by Crippen LogP contribution is -2.50. The number of nitrogens with one attached hydrogen (secondary N) is 1. The van der Waals surface area contributed by atoms with E-state index in [1.165, 1.54) is 18.6 Å². The Kier molecular flexibility index (Phi) is 8.62. The van der Waals surface area contributed by atoms with E-state index in [0.29, 0.717) is 13.1 Å². The number of hydrogen-bond donors (Lipinski definition) is 1. The molecule has 1 saturated carbocycles. The molecule has 0 spiro atoms. The van der Waals surface area contributed by atoms with Gasteiger partial charge in [-0.05, 0) is 57.9 Å². The maximum atomic E-state index is 13.3. The fourth-order valence-corrected chi connectivity index (χ4v) is 3.82. The van der Waals surface area contributed by atoms with Gasteiger partial charge in [0.05, 0.1) is 13.1 Å². The van der Waals surface area contributed by atoms with Gasteiger partial charge in [-0.15, -0.1) is 0 Å². The van der Waals surface area contributed by atoms with Crippen LogP contribution in [-0.4, -0.2) is 52.8 Å². The Labute approximate surface area is 174 Å². The first-order valence-corrected chi connectivity index (χ1v) is 10.7. The van der Waals surface area contributed by atoms with Crippen molar-refractivity contribution in [2.24, 2.45) is 0 Å². The maximum Gasteiger partial charge on any atom is 0.237 e. The molecule has 2 rings (SSSR count). The first-order valence-electron chi connectivity index (χ1n) is 10.7. The summed E-state index contributed by atoms with van der Waals surface area (Å²) in [7, 11) is 0. The van der Waals surface area contributed by atoms with Crippen LogP contribution in [0.15, 0.2) is 24.3 Å². The third-order valence-corrected chi connectivity index (χ3v) is 5.29. The lowest BCUT2D eigenvalue weighted by molar-refractivity contribution is -0.136. The molecule has 29 heavy (non-hydrogen) atoms. The Morgan fingerprint density at radius 2 is 1.69 bits per heavy atom. The van der Waals surface area contributed by atoms with E-state index in [2.05, 4.69) is 5.32 Å². The Balaban J connectivity index is 2.06. The second-order valence-corrected chi connectivity index (χ2v) is 9.04. The van der Waals surface area contributed by atoms with Crippen LogP contribution in [0.25, 0.3) is 0 Å². The van der Waals surface area contributed by atoms with Gasteiger partial charge in [0.2, 0.25) is 11.8 Å². The molecule has 1 aliphatic carbocycles. The molecule has 0 aromatic heterocycles. The molecule has 1 aromatic carbocycles. The predicted molar refractivity (Wildman–Crippen MR) is 114 cm³/mol. The summed E-state index contributed by atoms with van der Waals surface area (Å²) in [4.78, 5) is 29.3. The van der Waals surface area contributed by atoms with Crippen LogP contribution in [0.2, 0.25) is 0 Å². The van der Waals surface area contributed by atoms with E-state index in [-0.39, 0.29) is 42.3 Å². The molecule has 0 unspecified atom stereocenters. The van der Waals surface area contributed by atoms with Gasteiger partial charge in [0.15, 0.2) is 0 Å². The number of hydrogen-bond acceptors (Lipinski definition) is 3. The van der Waals surface area contributed by atoms with Crippen molar-refractivity contribution in [3.8, 4) is 0 Å². The number of nitrogens with zero attached hydrogens (tertiary/aromatic N) is 2. The van der Waals surface area contributed by atoms with Crippen LogP contribution in [-0.2, 0) is 16.1 Å². The van der Waals surface area contributed by atoms with Gasteiger partial charge in [-0.1, -0.05) is 38.3 Å². The maximum absolute atomic E-state index is 13.3. The standard InChI is InChI=1S/C23H36FN3O2/c1-5-26(16-21(28)25-23(2,3)4)17-22(29)27(20-9-7-6-8-10-20)15-18-11-13-19(24)14-12-18/h11-14,20H,5-10,15-17H2,1-4H3,(H,25,28). The molecule has 162 valence electrons. The average molecular weight is 406 g/mol. The SMILES string of the molecule is CCN(CC(=O)NC(C)(C)C)CC(=O)N(Cc1ccc(F)cc1)C1CCCCC1. The topological polar surface area (TPSA) is 52.7 Å². The van der Waals surface area contributed by atoms with Crippen molar-refractivity contribution in [3.63, 3.8) is 0 Å². The highest BCUT2D eigenvalue weighted by Gasteiger charge is 2.27. The molecule has 6 heteroatoms. The molecule has 0 radical (unpaired) electrons. The first kappa shape index (κ1) is 23.3. The lowest BCUT2D eigenvalue weighted by Gasteiger charge is -2.36. The van der Waals surface area contributed by atoms with Crippen LogP contribution in [0.4, 0.5) is 4.39 Å². The van der Waals surface area contributed by atoms with Crippen molar-refractivity contribution in [3.05, 3.63) is 35.6 Å². The zero-order valence-corrected chi connectivity index (χ0v) is 18.3. The predicted octanol–water partition coefficient (Wildman–Crippen LogP) is 3.72. The van der Waals surface area contributed by atoms with Crippen molar-refractivity contribution >= 4 is 11.8 Å². The molecule has 0 heterocycles. The molecule has 0 bridgehead atoms. The fraction of sp³-hybridized carbons (Fsp3) is 0.652. The van der Waals surface area contributed by atoms with E-state index in [1.54, 1.807) is 12.1 Å². The summed E-state index contributed by atoms with van der Waals surface area (Å²) in [5.74, 6) is -0.312. The summed E-state index contributed by atoms with van der Waals surface area (Å²) in [5, 5.41) is 2.95. The minimum atomic E-state index is -0.294. The van der Waals surface area contributed by atoms with Gasteiger partial charge in [-0.3, -0.25) is 14.5 Å². The third-order valence-electron chi connectivity index (χ3n) is 5.29. The van der Waals surface area contributed by atoms with E-state index in [9.17, 15) is 14.0 Å². The van der Waals surface area contributed by atoms with E-state index < -0.39 is 0 Å². The normalized spacial score (nSPS) is 15.4. The van der Waals surface area contributed by atoms with Gasteiger partial charge in [0, 0.05) is 18.1 Å². The molecule has 1 aromatic rings. The van der Waals surface area contributed by atoms with Crippen LogP contribution in [0.5, 0.6) is 0 Å². The van der Waals surface area contributed by atoms with Crippen molar-refractivity contribution in [1.82, 2.24) is 15.1 Å². The third kappa shape index (κ3) is 8.13. The minimum Gasteiger partial charge on any atom is -0.350 e. The molecule has 2 amide bonds. The zero-order valence-electron chi connectivity index (χ0n) is 18.3. The van der Waals surface area contributed by atoms with Crippen molar-refractivity contribution in [2.45, 2.75) is 77.9 Å². The average Bonchev–Trinajstić information content (AvgIpc) is 2.66. The van der Waals surface area contributed by atoms with Gasteiger partial charge < -0.3 is 10.2 Å². The van der Waals surface area contributed by atoms with Crippen molar-refractivity contribution < 1.29 is 14.0 Å². The van der Waals surface area contributed by atoms with Crippen LogP contribution in [0, 0.1) is 5.82 Å². The van der Waals surface area contributed by atoms with E-state index in [0.717, 1.165) is 31.2 Å². The van der Waals surface area contributed by atoms with Gasteiger partial charge in [0.1, 0.15) is 5.82 Å². The molecule has 1 fully saturated rings. The summed E-state index contributed by atoms with van der Waals surface area (Å²) in [6.45, 7) is 9.32. The molecule has 1 N–H and O–H groups in total. The number of benzene rings is 1. The Morgan fingerprint density at radius 3 is 2.24 bits per heavy atom. The molecular formula is C23H36FN3O2. The first-order chi connectivity index (χ1) is 13.7. The van der Waals surface area contributed by atoms with E-state index in [1.807, 2.05) is 37.5 Å². The number of carbonyl (C=O) groups excluding carboxylic acids is 2. The number of carbonyl (C=O) groups is 2. The molecular weight excluding hydrogens is 369 g/mol. The molecule has 1 aliphatic rings. The van der Waals surface area contributed by atoms with Gasteiger partial charge in [-0.25, -0.2) is 4.39 Å². The Bertz CT molecular complexity index is 664. The van der Waals surface area contributed by atoms with Crippen LogP contribution >= 0.6 is 0 Å². The highest BCUT2D eigenvalue weighted by atomic mass is 19.1. The molecule has 0 atom stereocenters. The Hall–Kier alpha value is -1.95. The fourth-order valence-electron chi connectivity index (χ4n) is 3.82. The monoisotopic (exact) mass is 405 g/mol. The van der Waals surface area contributed by atoms with Crippen LogP contribution in [0.1, 0.15) is 65.4 Å². The van der Waals surface area contributed by atoms with Crippen molar-refractivity contribution in [2.75, 3.05) is 19.6 Å². The number of likely N-dealkylation sites (N-methyl/N-ethyl adjacent to an activating group) is 1. The largest absolute Gasteiger partial charge is 0.350 e. The number of amides is 2. The van der Waals surface area contributed by atoms with Gasteiger partial charge in [0.25, 0.3) is 0 Å². The van der Waals surface area contributed by atoms with Crippen LogP contribution in [0.3, 0.4) is 0 Å². The molecule has 0 aliphatic heterocycles. The highest BCUT2D eigenvalue weighted by molar-refractivity contribution is 5.81. The lowest BCUT2D eigenvalue weighted by atomic mass is 9.93. The van der Waals surface area contributed by atoms with E-state index >= 15 is 0 Å². The number of rotatable bonds is 8. The van der Waals surface area contributed by atoms with Crippen molar-refractivity contribution in [1.29, 1.82) is 0 Å². The van der Waals surface area contributed by atoms with Gasteiger partial charge in [-0.2, -0.15) is 0 Å². The summed E-state index contributed by atoms with van der Waals surface area (Å²) >= 11 is 0. The highest BCUT2D eigenvalue weighted by Crippen LogP contribution is 2.24. The quantitative estimate of drug-likeness (QED) is 0.717. The summed E-state index contributed by atoms with van der Waals surface area (Å²) in [5.41, 5.74) is 0.635. The smallest absolute Gasteiger partial charge is 0.237 e. The second kappa shape index (κ2) is 10.7. The zero-order chi connectivity index (χ0) is 21.4. The van der Waals surface area contributed by atoms with Crippen LogP contribution < -0.4 is 5.32 Å². The minimum absolute atomic E-state index is 0.0339. The Morgan fingerprint density at radius 1 is 1.07 bits per heavy atom. The van der Waals surface area contributed by atoms with Gasteiger partial charge >= 0.3 is 0 Å². The summed E-state index contributed by atoms with van der Waals surface area (Å²) in [6, 6.07) is 6.57. The van der Waals surface area contributed by atoms with E-state index in [4.69, 9.17) is 0 Å².